The van der Waals surface area contributed by atoms with Gasteiger partial charge in [0, 0.05) is 61.0 Å². The molecule has 5 rings (SSSR count). The number of likely N-dealkylation sites (N-methyl/N-ethyl adjacent to an activating group) is 1. The summed E-state index contributed by atoms with van der Waals surface area (Å²) in [4.78, 5) is 34.5. The summed E-state index contributed by atoms with van der Waals surface area (Å²) >= 11 is 0. The molecule has 8 heteroatoms. The molecule has 2 aliphatic heterocycles. The predicted octanol–water partition coefficient (Wildman–Crippen LogP) is 5.54. The molecule has 0 aliphatic carbocycles. The van der Waals surface area contributed by atoms with Crippen molar-refractivity contribution >= 4 is 29.2 Å². The van der Waals surface area contributed by atoms with E-state index in [1.54, 1.807) is 12.1 Å². The van der Waals surface area contributed by atoms with Crippen molar-refractivity contribution in [1.82, 2.24) is 14.8 Å². The van der Waals surface area contributed by atoms with Crippen LogP contribution in [-0.4, -0.2) is 73.0 Å². The highest BCUT2D eigenvalue weighted by Gasteiger charge is 2.31. The zero-order chi connectivity index (χ0) is 29.1. The van der Waals surface area contributed by atoms with Crippen molar-refractivity contribution < 1.29 is 18.7 Å². The van der Waals surface area contributed by atoms with Crippen LogP contribution in [0.25, 0.3) is 22.8 Å². The van der Waals surface area contributed by atoms with Crippen LogP contribution < -0.4 is 5.32 Å². The van der Waals surface area contributed by atoms with E-state index in [0.717, 1.165) is 54.9 Å². The molecule has 2 aliphatic rings. The fourth-order valence-corrected chi connectivity index (χ4v) is 5.74. The lowest BCUT2D eigenvalue weighted by Gasteiger charge is -2.24. The molecule has 2 N–H and O–H groups in total. The third kappa shape index (κ3) is 5.85. The van der Waals surface area contributed by atoms with Gasteiger partial charge in [-0.3, -0.25) is 9.59 Å². The smallest absolute Gasteiger partial charge is 0.256 e. The second-order valence-electron chi connectivity index (χ2n) is 10.8. The van der Waals surface area contributed by atoms with E-state index in [0.29, 0.717) is 59.8 Å². The van der Waals surface area contributed by atoms with Gasteiger partial charge >= 0.3 is 0 Å². The number of nitrogens with zero attached hydrogens (tertiary/aromatic N) is 2. The Morgan fingerprint density at radius 1 is 1.10 bits per heavy atom. The molecular formula is C33H39FN4O3. The molecule has 0 atom stereocenters. The first-order valence-electron chi connectivity index (χ1n) is 14.5. The summed E-state index contributed by atoms with van der Waals surface area (Å²) in [5.74, 6) is -0.539. The average Bonchev–Trinajstić information content (AvgIpc) is 3.39. The van der Waals surface area contributed by atoms with Crippen molar-refractivity contribution in [3.05, 3.63) is 75.9 Å². The molecule has 0 spiro atoms. The minimum atomic E-state index is -0.312. The van der Waals surface area contributed by atoms with Crippen LogP contribution in [0.2, 0.25) is 0 Å². The van der Waals surface area contributed by atoms with Crippen LogP contribution in [0.5, 0.6) is 0 Å². The van der Waals surface area contributed by atoms with Gasteiger partial charge in [-0.15, -0.1) is 0 Å². The molecule has 0 bridgehead atoms. The maximum Gasteiger partial charge on any atom is 0.256 e. The number of carbonyl (C=O) groups excluding carboxylic acids is 2. The van der Waals surface area contributed by atoms with Crippen LogP contribution in [0.1, 0.15) is 58.7 Å². The topological polar surface area (TPSA) is 77.7 Å². The number of carbonyl (C=O) groups is 2. The average molecular weight is 559 g/mol. The largest absolute Gasteiger partial charge is 0.380 e. The Labute approximate surface area is 241 Å². The Balaban J connectivity index is 1.45. The monoisotopic (exact) mass is 558 g/mol. The molecular weight excluding hydrogens is 519 g/mol. The zero-order valence-corrected chi connectivity index (χ0v) is 24.4. The van der Waals surface area contributed by atoms with Gasteiger partial charge in [-0.05, 0) is 75.1 Å². The summed E-state index contributed by atoms with van der Waals surface area (Å²) in [6.07, 6.45) is 4.17. The van der Waals surface area contributed by atoms with Crippen molar-refractivity contribution in [2.24, 2.45) is 0 Å². The standard InChI is InChI=1S/C33H39FN4O3/c1-5-22-12-13-23(26(34)19-22)24-9-7-10-28-31(24)25(32(39)36-28)20-29-21(3)30-27(35-29)11-8-14-38(33(30)40)16-15-37(4)17-18-41-6-2/h7,9-10,12-13,19-20,35H,5-6,8,11,14-18H2,1-4H3,(H,36,39)/b25-20-. The SMILES string of the molecule is CCOCCN(C)CCN1CCCc2[nH]c(/C=C3\C(=O)Nc4cccc(-c5ccc(CC)cc5F)c43)c(C)c2C1=O. The van der Waals surface area contributed by atoms with E-state index in [1.165, 1.54) is 0 Å². The zero-order valence-electron chi connectivity index (χ0n) is 24.4. The molecule has 0 saturated heterocycles. The number of benzene rings is 2. The van der Waals surface area contributed by atoms with Crippen LogP contribution in [0, 0.1) is 12.7 Å². The van der Waals surface area contributed by atoms with E-state index >= 15 is 4.39 Å². The van der Waals surface area contributed by atoms with Crippen molar-refractivity contribution in [2.75, 3.05) is 51.8 Å². The van der Waals surface area contributed by atoms with E-state index < -0.39 is 0 Å². The molecule has 3 aromatic rings. The van der Waals surface area contributed by atoms with Gasteiger partial charge in [0.25, 0.3) is 11.8 Å². The van der Waals surface area contributed by atoms with Crippen molar-refractivity contribution in [2.45, 2.75) is 40.0 Å². The summed E-state index contributed by atoms with van der Waals surface area (Å²) < 4.78 is 20.6. The van der Waals surface area contributed by atoms with E-state index in [9.17, 15) is 9.59 Å². The molecule has 0 unspecified atom stereocenters. The molecule has 3 heterocycles. The highest BCUT2D eigenvalue weighted by atomic mass is 19.1. The number of hydrogen-bond donors (Lipinski definition) is 2. The Bertz CT molecular complexity index is 1490. The fraction of sp³-hybridized carbons (Fsp3) is 0.394. The molecule has 2 aromatic carbocycles. The summed E-state index contributed by atoms with van der Waals surface area (Å²) in [6.45, 7) is 10.2. The highest BCUT2D eigenvalue weighted by Crippen LogP contribution is 2.41. The van der Waals surface area contributed by atoms with Crippen LogP contribution in [0.15, 0.2) is 36.4 Å². The van der Waals surface area contributed by atoms with Crippen molar-refractivity contribution in [3.8, 4) is 11.1 Å². The first-order valence-corrected chi connectivity index (χ1v) is 14.5. The third-order valence-electron chi connectivity index (χ3n) is 8.14. The number of hydrogen-bond acceptors (Lipinski definition) is 4. The Morgan fingerprint density at radius 2 is 1.93 bits per heavy atom. The minimum Gasteiger partial charge on any atom is -0.380 e. The fourth-order valence-electron chi connectivity index (χ4n) is 5.74. The summed E-state index contributed by atoms with van der Waals surface area (Å²) in [6, 6.07) is 10.8. The molecule has 41 heavy (non-hydrogen) atoms. The number of rotatable bonds is 10. The molecule has 0 fully saturated rings. The van der Waals surface area contributed by atoms with E-state index in [1.807, 2.05) is 63.1 Å². The van der Waals surface area contributed by atoms with Crippen LogP contribution in [0.4, 0.5) is 10.1 Å². The Kier molecular flexibility index (Phi) is 8.71. The van der Waals surface area contributed by atoms with Gasteiger partial charge in [-0.1, -0.05) is 31.2 Å². The highest BCUT2D eigenvalue weighted by molar-refractivity contribution is 6.36. The van der Waals surface area contributed by atoms with Gasteiger partial charge in [-0.25, -0.2) is 4.39 Å². The van der Waals surface area contributed by atoms with Gasteiger partial charge in [0.2, 0.25) is 0 Å². The minimum absolute atomic E-state index is 0.0177. The third-order valence-corrected chi connectivity index (χ3v) is 8.14. The number of aromatic nitrogens is 1. The van der Waals surface area contributed by atoms with Crippen molar-refractivity contribution in [3.63, 3.8) is 0 Å². The quantitative estimate of drug-likeness (QED) is 0.253. The number of fused-ring (bicyclic) bond motifs is 2. The molecule has 0 saturated carbocycles. The first kappa shape index (κ1) is 28.8. The van der Waals surface area contributed by atoms with Crippen LogP contribution in [0.3, 0.4) is 0 Å². The second kappa shape index (κ2) is 12.4. The number of nitrogens with one attached hydrogen (secondary N) is 2. The lowest BCUT2D eigenvalue weighted by Crippen LogP contribution is -2.38. The Morgan fingerprint density at radius 3 is 2.68 bits per heavy atom. The lowest BCUT2D eigenvalue weighted by atomic mass is 9.93. The maximum absolute atomic E-state index is 15.2. The van der Waals surface area contributed by atoms with Gasteiger partial charge in [0.05, 0.1) is 17.7 Å². The van der Waals surface area contributed by atoms with Gasteiger partial charge in [0.1, 0.15) is 5.82 Å². The van der Waals surface area contributed by atoms with Gasteiger partial charge in [-0.2, -0.15) is 0 Å². The number of aryl methyl sites for hydroxylation is 2. The lowest BCUT2D eigenvalue weighted by molar-refractivity contribution is -0.110. The Hall–Kier alpha value is -3.75. The normalized spacial score (nSPS) is 15.9. The number of aromatic amines is 1. The number of anilines is 1. The number of H-pyrrole nitrogens is 1. The van der Waals surface area contributed by atoms with Gasteiger partial charge in [0.15, 0.2) is 0 Å². The molecule has 216 valence electrons. The number of ether oxygens (including phenoxy) is 1. The van der Waals surface area contributed by atoms with E-state index in [2.05, 4.69) is 15.2 Å². The van der Waals surface area contributed by atoms with E-state index in [4.69, 9.17) is 4.74 Å². The summed E-state index contributed by atoms with van der Waals surface area (Å²) in [7, 11) is 2.04. The molecule has 7 nitrogen and oxygen atoms in total. The van der Waals surface area contributed by atoms with Crippen molar-refractivity contribution in [1.29, 1.82) is 0 Å². The molecule has 0 radical (unpaired) electrons. The van der Waals surface area contributed by atoms with Crippen LogP contribution >= 0.6 is 0 Å². The first-order chi connectivity index (χ1) is 19.8. The van der Waals surface area contributed by atoms with E-state index in [-0.39, 0.29) is 17.6 Å². The number of halogens is 1. The maximum atomic E-state index is 15.2. The predicted molar refractivity (Wildman–Crippen MR) is 161 cm³/mol. The summed E-state index contributed by atoms with van der Waals surface area (Å²) in [5.41, 5.74) is 6.97. The number of amides is 2. The molecule has 2 amide bonds. The van der Waals surface area contributed by atoms with Crippen LogP contribution in [-0.2, 0) is 22.4 Å². The summed E-state index contributed by atoms with van der Waals surface area (Å²) in [5, 5.41) is 2.94. The molecule has 1 aromatic heterocycles. The second-order valence-corrected chi connectivity index (χ2v) is 10.8. The van der Waals surface area contributed by atoms with Gasteiger partial charge < -0.3 is 24.8 Å².